The van der Waals surface area contributed by atoms with Gasteiger partial charge in [-0.1, -0.05) is 13.0 Å². The van der Waals surface area contributed by atoms with Gasteiger partial charge < -0.3 is 20.3 Å². The molecule has 2 atom stereocenters. The zero-order valence-electron chi connectivity index (χ0n) is 14.6. The molecule has 2 N–H and O–H groups in total. The van der Waals surface area contributed by atoms with Gasteiger partial charge in [0.1, 0.15) is 5.75 Å². The fraction of sp³-hybridized carbons (Fsp3) is 0.588. The summed E-state index contributed by atoms with van der Waals surface area (Å²) in [5.74, 6) is 0.996. The van der Waals surface area contributed by atoms with E-state index in [-0.39, 0.29) is 42.7 Å². The molecule has 7 heteroatoms. The molecule has 1 amide bonds. The number of carbonyl (C=O) groups excluding carboxylic acids is 1. The van der Waals surface area contributed by atoms with Gasteiger partial charge in [0.15, 0.2) is 0 Å². The van der Waals surface area contributed by atoms with Crippen molar-refractivity contribution >= 4 is 36.4 Å². The van der Waals surface area contributed by atoms with Crippen molar-refractivity contribution < 1.29 is 9.53 Å². The summed E-state index contributed by atoms with van der Waals surface area (Å²) < 4.78 is 5.29. The summed E-state index contributed by atoms with van der Waals surface area (Å²) in [7, 11) is 3.55. The number of rotatable bonds is 6. The molecule has 0 aromatic heterocycles. The summed E-state index contributed by atoms with van der Waals surface area (Å²) in [6.07, 6.45) is 2.13. The lowest BCUT2D eigenvalue weighted by Gasteiger charge is -2.35. The Morgan fingerprint density at radius 2 is 2.17 bits per heavy atom. The van der Waals surface area contributed by atoms with E-state index in [0.29, 0.717) is 6.54 Å². The molecular weight excluding hydrogens is 349 g/mol. The third kappa shape index (κ3) is 6.38. The van der Waals surface area contributed by atoms with E-state index in [1.165, 1.54) is 0 Å². The Kier molecular flexibility index (Phi) is 10.8. The van der Waals surface area contributed by atoms with Gasteiger partial charge in [0.05, 0.1) is 7.11 Å². The van der Waals surface area contributed by atoms with Crippen LogP contribution >= 0.6 is 24.8 Å². The minimum atomic E-state index is -0.00260. The van der Waals surface area contributed by atoms with Gasteiger partial charge >= 0.3 is 0 Å². The maximum atomic E-state index is 12.2. The van der Waals surface area contributed by atoms with Gasteiger partial charge in [-0.2, -0.15) is 0 Å². The molecule has 1 fully saturated rings. The van der Waals surface area contributed by atoms with Crippen LogP contribution in [0.5, 0.6) is 5.75 Å². The van der Waals surface area contributed by atoms with Crippen molar-refractivity contribution in [2.24, 2.45) is 5.92 Å². The third-order valence-corrected chi connectivity index (χ3v) is 4.14. The van der Waals surface area contributed by atoms with Crippen LogP contribution in [0.4, 0.5) is 5.69 Å². The highest BCUT2D eigenvalue weighted by Gasteiger charge is 2.23. The fourth-order valence-electron chi connectivity index (χ4n) is 2.88. The largest absolute Gasteiger partial charge is 0.497 e. The van der Waals surface area contributed by atoms with Crippen molar-refractivity contribution in [2.45, 2.75) is 25.8 Å². The van der Waals surface area contributed by atoms with Gasteiger partial charge in [0.25, 0.3) is 0 Å². The second kappa shape index (κ2) is 11.4. The molecule has 24 heavy (non-hydrogen) atoms. The van der Waals surface area contributed by atoms with E-state index < -0.39 is 0 Å². The van der Waals surface area contributed by atoms with Crippen LogP contribution in [-0.4, -0.2) is 45.7 Å². The summed E-state index contributed by atoms with van der Waals surface area (Å²) in [4.78, 5) is 14.5. The third-order valence-electron chi connectivity index (χ3n) is 4.14. The van der Waals surface area contributed by atoms with Crippen LogP contribution < -0.4 is 20.3 Å². The molecule has 0 saturated carbocycles. The van der Waals surface area contributed by atoms with Gasteiger partial charge in [0, 0.05) is 43.3 Å². The summed E-state index contributed by atoms with van der Waals surface area (Å²) in [5, 5.41) is 6.23. The molecule has 1 heterocycles. The van der Waals surface area contributed by atoms with Crippen LogP contribution in [0.25, 0.3) is 0 Å². The lowest BCUT2D eigenvalue weighted by molar-refractivity contribution is -0.125. The van der Waals surface area contributed by atoms with Crippen molar-refractivity contribution in [3.8, 4) is 5.75 Å². The van der Waals surface area contributed by atoms with Gasteiger partial charge in [0.2, 0.25) is 5.91 Å². The highest BCUT2D eigenvalue weighted by Crippen LogP contribution is 2.24. The fourth-order valence-corrected chi connectivity index (χ4v) is 2.88. The van der Waals surface area contributed by atoms with Crippen molar-refractivity contribution in [3.63, 3.8) is 0 Å². The quantitative estimate of drug-likeness (QED) is 0.799. The first-order valence-corrected chi connectivity index (χ1v) is 7.98. The van der Waals surface area contributed by atoms with Gasteiger partial charge in [-0.15, -0.1) is 24.8 Å². The Hall–Kier alpha value is -1.17. The molecular formula is C17H29Cl2N3O2. The topological polar surface area (TPSA) is 53.6 Å². The summed E-state index contributed by atoms with van der Waals surface area (Å²) in [6.45, 7) is 4.53. The molecule has 138 valence electrons. The Morgan fingerprint density at radius 1 is 1.42 bits per heavy atom. The van der Waals surface area contributed by atoms with Crippen LogP contribution in [0.3, 0.4) is 0 Å². The van der Waals surface area contributed by atoms with E-state index in [4.69, 9.17) is 4.74 Å². The van der Waals surface area contributed by atoms with Crippen molar-refractivity contribution in [2.75, 3.05) is 38.7 Å². The number of nitrogens with zero attached hydrogens (tertiary/aromatic N) is 1. The molecule has 1 aliphatic rings. The first kappa shape index (κ1) is 22.8. The number of anilines is 1. The number of methoxy groups -OCH3 is 1. The molecule has 1 aromatic carbocycles. The van der Waals surface area contributed by atoms with Crippen LogP contribution in [-0.2, 0) is 4.79 Å². The van der Waals surface area contributed by atoms with Crippen molar-refractivity contribution in [3.05, 3.63) is 24.3 Å². The summed E-state index contributed by atoms with van der Waals surface area (Å²) in [6, 6.07) is 8.31. The standard InChI is InChI=1S/C17H27N3O2.2ClH/c1-13(11-18-2)17(21)19-14-6-5-9-20(12-14)15-7-4-8-16(10-15)22-3;;/h4,7-8,10,13-14,18H,5-6,9,11-12H2,1-3H3,(H,19,21);2*1H. The monoisotopic (exact) mass is 377 g/mol. The Labute approximate surface area is 157 Å². The lowest BCUT2D eigenvalue weighted by atomic mass is 10.0. The second-order valence-corrected chi connectivity index (χ2v) is 5.95. The average Bonchev–Trinajstić information content (AvgIpc) is 2.55. The maximum Gasteiger partial charge on any atom is 0.224 e. The molecule has 1 saturated heterocycles. The van der Waals surface area contributed by atoms with Crippen molar-refractivity contribution in [1.82, 2.24) is 10.6 Å². The smallest absolute Gasteiger partial charge is 0.224 e. The summed E-state index contributed by atoms with van der Waals surface area (Å²) >= 11 is 0. The van der Waals surface area contributed by atoms with E-state index >= 15 is 0 Å². The molecule has 2 rings (SSSR count). The SMILES string of the molecule is CNCC(C)C(=O)NC1CCCN(c2cccc(OC)c2)C1.Cl.Cl. The van der Waals surface area contributed by atoms with Crippen LogP contribution in [0.2, 0.25) is 0 Å². The normalized spacial score (nSPS) is 18.0. The summed E-state index contributed by atoms with van der Waals surface area (Å²) in [5.41, 5.74) is 1.15. The van der Waals surface area contributed by atoms with Gasteiger partial charge in [-0.25, -0.2) is 0 Å². The number of carbonyl (C=O) groups is 1. The highest BCUT2D eigenvalue weighted by molar-refractivity contribution is 5.85. The second-order valence-electron chi connectivity index (χ2n) is 5.95. The molecule has 0 bridgehead atoms. The highest BCUT2D eigenvalue weighted by atomic mass is 35.5. The van der Waals surface area contributed by atoms with Crippen LogP contribution in [0.1, 0.15) is 19.8 Å². The molecule has 0 spiro atoms. The number of nitrogens with one attached hydrogen (secondary N) is 2. The lowest BCUT2D eigenvalue weighted by Crippen LogP contribution is -2.49. The van der Waals surface area contributed by atoms with Gasteiger partial charge in [-0.05, 0) is 32.0 Å². The van der Waals surface area contributed by atoms with Gasteiger partial charge in [-0.3, -0.25) is 4.79 Å². The van der Waals surface area contributed by atoms with Crippen LogP contribution in [0.15, 0.2) is 24.3 Å². The average molecular weight is 378 g/mol. The predicted molar refractivity (Wildman–Crippen MR) is 104 cm³/mol. The molecule has 0 radical (unpaired) electrons. The zero-order valence-corrected chi connectivity index (χ0v) is 16.2. The van der Waals surface area contributed by atoms with Crippen molar-refractivity contribution in [1.29, 1.82) is 0 Å². The number of amides is 1. The molecule has 1 aliphatic heterocycles. The first-order valence-electron chi connectivity index (χ1n) is 7.98. The van der Waals surface area contributed by atoms with E-state index in [2.05, 4.69) is 21.6 Å². The number of hydrogen-bond donors (Lipinski definition) is 2. The first-order chi connectivity index (χ1) is 10.6. The molecule has 5 nitrogen and oxygen atoms in total. The number of hydrogen-bond acceptors (Lipinski definition) is 4. The number of ether oxygens (including phenoxy) is 1. The molecule has 0 aliphatic carbocycles. The number of halogens is 2. The molecule has 1 aromatic rings. The minimum Gasteiger partial charge on any atom is -0.497 e. The van der Waals surface area contributed by atoms with E-state index in [0.717, 1.165) is 37.4 Å². The number of benzene rings is 1. The zero-order chi connectivity index (χ0) is 15.9. The van der Waals surface area contributed by atoms with E-state index in [1.807, 2.05) is 32.2 Å². The Balaban J connectivity index is 0.00000264. The molecule has 2 unspecified atom stereocenters. The predicted octanol–water partition coefficient (Wildman–Crippen LogP) is 2.48. The van der Waals surface area contributed by atoms with Crippen LogP contribution in [0, 0.1) is 5.92 Å². The Bertz CT molecular complexity index is 502. The maximum absolute atomic E-state index is 12.2. The number of piperidine rings is 1. The van der Waals surface area contributed by atoms with E-state index in [1.54, 1.807) is 7.11 Å². The Morgan fingerprint density at radius 3 is 2.83 bits per heavy atom. The van der Waals surface area contributed by atoms with E-state index in [9.17, 15) is 4.79 Å². The minimum absolute atomic E-state index is 0.